The van der Waals surface area contributed by atoms with Crippen molar-refractivity contribution in [3.8, 4) is 11.3 Å². The SMILES string of the molecule is O=C(NC(Cc1ccccc1)C(=O)N1CCC(Cn2cc(-c3cncc4ccccc34)nn2)CC1)c1ccccc1. The molecule has 1 N–H and O–H groups in total. The Morgan fingerprint density at radius 2 is 1.59 bits per heavy atom. The van der Waals surface area contributed by atoms with Gasteiger partial charge in [0.15, 0.2) is 0 Å². The fourth-order valence-electron chi connectivity index (χ4n) is 5.53. The summed E-state index contributed by atoms with van der Waals surface area (Å²) in [6.07, 6.45) is 7.85. The Bertz CT molecular complexity index is 1620. The molecule has 1 aliphatic heterocycles. The third-order valence-electron chi connectivity index (χ3n) is 7.78. The van der Waals surface area contributed by atoms with Gasteiger partial charge in [-0.2, -0.15) is 0 Å². The fraction of sp³-hybridized carbons (Fsp3) is 0.242. The van der Waals surface area contributed by atoms with Crippen LogP contribution in [0.15, 0.2) is 104 Å². The highest BCUT2D eigenvalue weighted by molar-refractivity contribution is 5.97. The molecule has 6 rings (SSSR count). The molecule has 5 aromatic rings. The summed E-state index contributed by atoms with van der Waals surface area (Å²) in [4.78, 5) is 32.9. The van der Waals surface area contributed by atoms with Crippen LogP contribution in [0.2, 0.25) is 0 Å². The number of carbonyl (C=O) groups is 2. The quantitative estimate of drug-likeness (QED) is 0.304. The summed E-state index contributed by atoms with van der Waals surface area (Å²) >= 11 is 0. The Kier molecular flexibility index (Phi) is 7.80. The number of carbonyl (C=O) groups excluding carboxylic acids is 2. The summed E-state index contributed by atoms with van der Waals surface area (Å²) in [7, 11) is 0. The maximum absolute atomic E-state index is 13.7. The van der Waals surface area contributed by atoms with E-state index in [0.29, 0.717) is 31.0 Å². The van der Waals surface area contributed by atoms with Crippen LogP contribution in [-0.2, 0) is 17.8 Å². The molecular weight excluding hydrogens is 512 g/mol. The van der Waals surface area contributed by atoms with Crippen LogP contribution in [0.3, 0.4) is 0 Å². The standard InChI is InChI=1S/C33H32N6O2/c40-32(26-11-5-2-6-12-26)35-30(19-24-9-3-1-4-10-24)33(41)38-17-15-25(16-18-38)22-39-23-31(36-37-39)29-21-34-20-27-13-7-8-14-28(27)29/h1-14,20-21,23,25,30H,15-19,22H2,(H,35,40). The van der Waals surface area contributed by atoms with E-state index in [2.05, 4.69) is 26.7 Å². The molecule has 8 heteroatoms. The molecule has 1 atom stereocenters. The van der Waals surface area contributed by atoms with Gasteiger partial charge in [-0.1, -0.05) is 78.0 Å². The van der Waals surface area contributed by atoms with Crippen molar-refractivity contribution in [1.82, 2.24) is 30.2 Å². The number of piperidine rings is 1. The van der Waals surface area contributed by atoms with E-state index in [1.165, 1.54) is 0 Å². The molecular formula is C33H32N6O2. The Balaban J connectivity index is 1.09. The smallest absolute Gasteiger partial charge is 0.251 e. The zero-order valence-corrected chi connectivity index (χ0v) is 22.8. The van der Waals surface area contributed by atoms with Gasteiger partial charge < -0.3 is 10.2 Å². The first-order valence-corrected chi connectivity index (χ1v) is 14.1. The van der Waals surface area contributed by atoms with Gasteiger partial charge in [-0.05, 0) is 41.8 Å². The van der Waals surface area contributed by atoms with Crippen LogP contribution in [0.4, 0.5) is 0 Å². The van der Waals surface area contributed by atoms with Crippen LogP contribution < -0.4 is 5.32 Å². The van der Waals surface area contributed by atoms with E-state index in [4.69, 9.17) is 0 Å². The van der Waals surface area contributed by atoms with Gasteiger partial charge in [0.2, 0.25) is 5.91 Å². The molecule has 3 aromatic carbocycles. The van der Waals surface area contributed by atoms with Crippen molar-refractivity contribution in [1.29, 1.82) is 0 Å². The predicted octanol–water partition coefficient (Wildman–Crippen LogP) is 4.77. The van der Waals surface area contributed by atoms with Crippen molar-refractivity contribution in [2.24, 2.45) is 5.92 Å². The van der Waals surface area contributed by atoms with Crippen LogP contribution in [0.25, 0.3) is 22.0 Å². The summed E-state index contributed by atoms with van der Waals surface area (Å²) in [5, 5.41) is 14.0. The lowest BCUT2D eigenvalue weighted by Gasteiger charge is -2.34. The molecule has 0 saturated carbocycles. The molecule has 0 bridgehead atoms. The molecule has 3 heterocycles. The average Bonchev–Trinajstić information content (AvgIpc) is 3.49. The number of nitrogens with zero attached hydrogens (tertiary/aromatic N) is 5. The highest BCUT2D eigenvalue weighted by Crippen LogP contribution is 2.26. The first-order valence-electron chi connectivity index (χ1n) is 14.1. The highest BCUT2D eigenvalue weighted by Gasteiger charge is 2.30. The van der Waals surface area contributed by atoms with E-state index < -0.39 is 6.04 Å². The number of aromatic nitrogens is 4. The summed E-state index contributed by atoms with van der Waals surface area (Å²) in [5.74, 6) is 0.104. The molecule has 8 nitrogen and oxygen atoms in total. The van der Waals surface area contributed by atoms with Gasteiger partial charge in [0.25, 0.3) is 5.91 Å². The molecule has 0 aliphatic carbocycles. The number of benzene rings is 3. The molecule has 1 saturated heterocycles. The minimum absolute atomic E-state index is 0.0388. The maximum atomic E-state index is 13.7. The summed E-state index contributed by atoms with van der Waals surface area (Å²) in [5.41, 5.74) is 3.33. The van der Waals surface area contributed by atoms with Crippen molar-refractivity contribution < 1.29 is 9.59 Å². The lowest BCUT2D eigenvalue weighted by Crippen LogP contribution is -2.51. The lowest BCUT2D eigenvalue weighted by molar-refractivity contribution is -0.134. The second-order valence-corrected chi connectivity index (χ2v) is 10.6. The summed E-state index contributed by atoms with van der Waals surface area (Å²) in [6, 6.07) is 26.4. The third-order valence-corrected chi connectivity index (χ3v) is 7.78. The van der Waals surface area contributed by atoms with Crippen molar-refractivity contribution in [2.45, 2.75) is 31.8 Å². The summed E-state index contributed by atoms with van der Waals surface area (Å²) in [6.45, 7) is 2.03. The second-order valence-electron chi connectivity index (χ2n) is 10.6. The minimum atomic E-state index is -0.631. The van der Waals surface area contributed by atoms with E-state index in [9.17, 15) is 9.59 Å². The fourth-order valence-corrected chi connectivity index (χ4v) is 5.53. The molecule has 2 aromatic heterocycles. The molecule has 0 radical (unpaired) electrons. The van der Waals surface area contributed by atoms with Gasteiger partial charge in [0.05, 0.1) is 6.20 Å². The molecule has 41 heavy (non-hydrogen) atoms. The van der Waals surface area contributed by atoms with E-state index in [1.54, 1.807) is 12.1 Å². The number of hydrogen-bond acceptors (Lipinski definition) is 5. The average molecular weight is 545 g/mol. The van der Waals surface area contributed by atoms with Crippen LogP contribution in [0.5, 0.6) is 0 Å². The van der Waals surface area contributed by atoms with Crippen molar-refractivity contribution >= 4 is 22.6 Å². The molecule has 1 aliphatic rings. The van der Waals surface area contributed by atoms with Crippen molar-refractivity contribution in [3.05, 3.63) is 115 Å². The monoisotopic (exact) mass is 544 g/mol. The Labute approximate surface area is 239 Å². The van der Waals surface area contributed by atoms with Crippen LogP contribution in [0.1, 0.15) is 28.8 Å². The van der Waals surface area contributed by atoms with Gasteiger partial charge in [0, 0.05) is 55.0 Å². The molecule has 206 valence electrons. The first kappa shape index (κ1) is 26.4. The zero-order chi connectivity index (χ0) is 28.0. The third kappa shape index (κ3) is 6.17. The highest BCUT2D eigenvalue weighted by atomic mass is 16.2. The van der Waals surface area contributed by atoms with Crippen molar-refractivity contribution in [2.75, 3.05) is 13.1 Å². The van der Waals surface area contributed by atoms with Crippen LogP contribution in [-0.4, -0.2) is 55.8 Å². The minimum Gasteiger partial charge on any atom is -0.341 e. The molecule has 2 amide bonds. The number of fused-ring (bicyclic) bond motifs is 1. The first-order chi connectivity index (χ1) is 20.1. The Morgan fingerprint density at radius 1 is 0.878 bits per heavy atom. The van der Waals surface area contributed by atoms with Gasteiger partial charge in [-0.3, -0.25) is 19.3 Å². The molecule has 1 fully saturated rings. The number of amides is 2. The predicted molar refractivity (Wildman–Crippen MR) is 158 cm³/mol. The number of nitrogens with one attached hydrogen (secondary N) is 1. The van der Waals surface area contributed by atoms with Crippen LogP contribution in [0, 0.1) is 5.92 Å². The number of likely N-dealkylation sites (tertiary alicyclic amines) is 1. The second kappa shape index (κ2) is 12.1. The maximum Gasteiger partial charge on any atom is 0.251 e. The molecule has 0 spiro atoms. The van der Waals surface area contributed by atoms with E-state index in [-0.39, 0.29) is 11.8 Å². The van der Waals surface area contributed by atoms with Gasteiger partial charge >= 0.3 is 0 Å². The lowest BCUT2D eigenvalue weighted by atomic mass is 9.95. The number of pyridine rings is 1. The van der Waals surface area contributed by atoms with Crippen molar-refractivity contribution in [3.63, 3.8) is 0 Å². The normalized spacial score (nSPS) is 14.6. The van der Waals surface area contributed by atoms with Gasteiger partial charge in [0.1, 0.15) is 11.7 Å². The van der Waals surface area contributed by atoms with Crippen LogP contribution >= 0.6 is 0 Å². The topological polar surface area (TPSA) is 93.0 Å². The van der Waals surface area contributed by atoms with Gasteiger partial charge in [-0.25, -0.2) is 0 Å². The van der Waals surface area contributed by atoms with Gasteiger partial charge in [-0.15, -0.1) is 5.10 Å². The Hall–Kier alpha value is -4.85. The number of hydrogen-bond donors (Lipinski definition) is 1. The summed E-state index contributed by atoms with van der Waals surface area (Å²) < 4.78 is 1.90. The van der Waals surface area contributed by atoms with E-state index in [0.717, 1.165) is 47.0 Å². The Morgan fingerprint density at radius 3 is 2.37 bits per heavy atom. The molecule has 1 unspecified atom stereocenters. The largest absolute Gasteiger partial charge is 0.341 e. The van der Waals surface area contributed by atoms with E-state index >= 15 is 0 Å². The van der Waals surface area contributed by atoms with E-state index in [1.807, 2.05) is 94.9 Å². The zero-order valence-electron chi connectivity index (χ0n) is 22.8. The number of rotatable bonds is 8.